The molecule has 0 aliphatic rings. The summed E-state index contributed by atoms with van der Waals surface area (Å²) in [5.41, 5.74) is 7.06. The molecule has 0 bridgehead atoms. The molecule has 3 nitrogen and oxygen atoms in total. The van der Waals surface area contributed by atoms with Crippen molar-refractivity contribution >= 4 is 5.97 Å². The van der Waals surface area contributed by atoms with Crippen LogP contribution in [0.1, 0.15) is 5.56 Å². The average Bonchev–Trinajstić information content (AvgIpc) is 2.27. The number of hydrogen-bond donors (Lipinski definition) is 2. The Hall–Kier alpha value is -1.87. The van der Waals surface area contributed by atoms with Crippen molar-refractivity contribution in [2.75, 3.05) is 0 Å². The number of benzene rings is 1. The van der Waals surface area contributed by atoms with Crippen LogP contribution in [0.25, 0.3) is 0 Å². The van der Waals surface area contributed by atoms with Crippen molar-refractivity contribution in [3.05, 3.63) is 60.2 Å². The highest BCUT2D eigenvalue weighted by Gasteiger charge is 2.06. The first-order valence-electron chi connectivity index (χ1n) is 5.00. The average molecular weight is 217 g/mol. The van der Waals surface area contributed by atoms with E-state index in [-0.39, 0.29) is 11.6 Å². The molecule has 1 unspecified atom stereocenters. The molecule has 0 spiro atoms. The van der Waals surface area contributed by atoms with Crippen molar-refractivity contribution in [3.8, 4) is 0 Å². The zero-order chi connectivity index (χ0) is 12.0. The van der Waals surface area contributed by atoms with Gasteiger partial charge in [-0.15, -0.1) is 0 Å². The zero-order valence-corrected chi connectivity index (χ0v) is 8.97. The molecule has 1 rings (SSSR count). The van der Waals surface area contributed by atoms with Crippen LogP contribution in [-0.2, 0) is 11.2 Å². The van der Waals surface area contributed by atoms with Gasteiger partial charge in [-0.05, 0) is 12.0 Å². The molecule has 84 valence electrons. The Labute approximate surface area is 94.9 Å². The highest BCUT2D eigenvalue weighted by molar-refractivity contribution is 5.89. The van der Waals surface area contributed by atoms with Gasteiger partial charge in [0.15, 0.2) is 0 Å². The topological polar surface area (TPSA) is 63.3 Å². The van der Waals surface area contributed by atoms with E-state index < -0.39 is 5.97 Å². The van der Waals surface area contributed by atoms with Gasteiger partial charge in [-0.3, -0.25) is 0 Å². The van der Waals surface area contributed by atoms with Crippen LogP contribution >= 0.6 is 0 Å². The number of nitrogens with two attached hydrogens (primary N) is 1. The Bertz CT molecular complexity index is 396. The fourth-order valence-corrected chi connectivity index (χ4v) is 1.40. The van der Waals surface area contributed by atoms with E-state index in [0.29, 0.717) is 6.42 Å². The summed E-state index contributed by atoms with van der Waals surface area (Å²) in [6.07, 6.45) is 3.43. The van der Waals surface area contributed by atoms with Crippen LogP contribution in [0.4, 0.5) is 0 Å². The Morgan fingerprint density at radius 1 is 1.44 bits per heavy atom. The van der Waals surface area contributed by atoms with Crippen molar-refractivity contribution in [3.63, 3.8) is 0 Å². The minimum Gasteiger partial charge on any atom is -0.478 e. The Morgan fingerprint density at radius 2 is 2.06 bits per heavy atom. The SMILES string of the molecule is C=C/C(=C\C(N)Cc1ccccc1)C(=O)O. The van der Waals surface area contributed by atoms with Gasteiger partial charge in [0.05, 0.1) is 5.57 Å². The number of carboxylic acids is 1. The molecule has 0 heterocycles. The first kappa shape index (κ1) is 12.2. The minimum atomic E-state index is -1.00. The predicted octanol–water partition coefficient (Wildman–Crippen LogP) is 1.75. The second kappa shape index (κ2) is 5.88. The van der Waals surface area contributed by atoms with Crippen LogP contribution in [0.5, 0.6) is 0 Å². The predicted molar refractivity (Wildman–Crippen MR) is 64.0 cm³/mol. The standard InChI is InChI=1S/C13H15NO2/c1-2-11(13(15)16)9-12(14)8-10-6-4-3-5-7-10/h2-7,9,12H,1,8,14H2,(H,15,16)/b11-9+. The number of carbonyl (C=O) groups is 1. The van der Waals surface area contributed by atoms with E-state index in [2.05, 4.69) is 6.58 Å². The van der Waals surface area contributed by atoms with Gasteiger partial charge in [0.1, 0.15) is 0 Å². The lowest BCUT2D eigenvalue weighted by Gasteiger charge is -2.07. The van der Waals surface area contributed by atoms with Gasteiger partial charge in [0.25, 0.3) is 0 Å². The molecule has 0 radical (unpaired) electrons. The molecule has 16 heavy (non-hydrogen) atoms. The lowest BCUT2D eigenvalue weighted by molar-refractivity contribution is -0.132. The fourth-order valence-electron chi connectivity index (χ4n) is 1.40. The van der Waals surface area contributed by atoms with Crippen LogP contribution < -0.4 is 5.73 Å². The second-order valence-electron chi connectivity index (χ2n) is 3.48. The summed E-state index contributed by atoms with van der Waals surface area (Å²) in [7, 11) is 0. The molecule has 3 N–H and O–H groups in total. The molecule has 0 aliphatic carbocycles. The molecule has 0 amide bonds. The molecule has 1 aromatic carbocycles. The van der Waals surface area contributed by atoms with Crippen molar-refractivity contribution < 1.29 is 9.90 Å². The van der Waals surface area contributed by atoms with E-state index in [4.69, 9.17) is 10.8 Å². The molecular formula is C13H15NO2. The van der Waals surface area contributed by atoms with Crippen molar-refractivity contribution in [2.24, 2.45) is 5.73 Å². The van der Waals surface area contributed by atoms with Gasteiger partial charge in [-0.1, -0.05) is 49.1 Å². The van der Waals surface area contributed by atoms with Crippen LogP contribution in [0.3, 0.4) is 0 Å². The minimum absolute atomic E-state index is 0.142. The molecule has 3 heteroatoms. The van der Waals surface area contributed by atoms with Gasteiger partial charge >= 0.3 is 5.97 Å². The summed E-state index contributed by atoms with van der Waals surface area (Å²) < 4.78 is 0. The molecule has 0 fully saturated rings. The molecule has 0 aliphatic heterocycles. The largest absolute Gasteiger partial charge is 0.478 e. The number of rotatable bonds is 5. The van der Waals surface area contributed by atoms with Gasteiger partial charge in [-0.25, -0.2) is 4.79 Å². The smallest absolute Gasteiger partial charge is 0.335 e. The van der Waals surface area contributed by atoms with E-state index in [9.17, 15) is 4.79 Å². The third kappa shape index (κ3) is 3.71. The van der Waals surface area contributed by atoms with E-state index in [1.165, 1.54) is 12.2 Å². The first-order valence-corrected chi connectivity index (χ1v) is 5.00. The quantitative estimate of drug-likeness (QED) is 0.583. The van der Waals surface area contributed by atoms with Crippen molar-refractivity contribution in [1.29, 1.82) is 0 Å². The van der Waals surface area contributed by atoms with Crippen molar-refractivity contribution in [1.82, 2.24) is 0 Å². The maximum absolute atomic E-state index is 10.7. The molecule has 0 aromatic heterocycles. The Balaban J connectivity index is 2.69. The Morgan fingerprint density at radius 3 is 2.56 bits per heavy atom. The van der Waals surface area contributed by atoms with E-state index in [0.717, 1.165) is 5.56 Å². The van der Waals surface area contributed by atoms with Gasteiger partial charge in [0.2, 0.25) is 0 Å². The molecule has 1 aromatic rings. The zero-order valence-electron chi connectivity index (χ0n) is 8.97. The summed E-state index contributed by atoms with van der Waals surface area (Å²) >= 11 is 0. The lowest BCUT2D eigenvalue weighted by atomic mass is 10.0. The maximum Gasteiger partial charge on any atom is 0.335 e. The van der Waals surface area contributed by atoms with E-state index >= 15 is 0 Å². The molecular weight excluding hydrogens is 202 g/mol. The highest BCUT2D eigenvalue weighted by atomic mass is 16.4. The normalized spacial score (nSPS) is 13.2. The second-order valence-corrected chi connectivity index (χ2v) is 3.48. The van der Waals surface area contributed by atoms with Crippen LogP contribution in [-0.4, -0.2) is 17.1 Å². The van der Waals surface area contributed by atoms with Gasteiger partial charge in [-0.2, -0.15) is 0 Å². The summed E-state index contributed by atoms with van der Waals surface area (Å²) in [5.74, 6) is -1.00. The lowest BCUT2D eigenvalue weighted by Crippen LogP contribution is -2.21. The first-order chi connectivity index (χ1) is 7.63. The molecule has 0 saturated heterocycles. The third-order valence-electron chi connectivity index (χ3n) is 2.17. The summed E-state index contributed by atoms with van der Waals surface area (Å²) in [5, 5.41) is 8.79. The summed E-state index contributed by atoms with van der Waals surface area (Å²) in [4.78, 5) is 10.7. The van der Waals surface area contributed by atoms with E-state index in [1.807, 2.05) is 30.3 Å². The monoisotopic (exact) mass is 217 g/mol. The highest BCUT2D eigenvalue weighted by Crippen LogP contribution is 2.05. The number of hydrogen-bond acceptors (Lipinski definition) is 2. The fraction of sp³-hybridized carbons (Fsp3) is 0.154. The number of aliphatic carboxylic acids is 1. The van der Waals surface area contributed by atoms with Crippen molar-refractivity contribution in [2.45, 2.75) is 12.5 Å². The van der Waals surface area contributed by atoms with Crippen LogP contribution in [0.2, 0.25) is 0 Å². The van der Waals surface area contributed by atoms with E-state index in [1.54, 1.807) is 0 Å². The molecule has 1 atom stereocenters. The maximum atomic E-state index is 10.7. The van der Waals surface area contributed by atoms with Crippen LogP contribution in [0.15, 0.2) is 54.6 Å². The van der Waals surface area contributed by atoms with Crippen LogP contribution in [0, 0.1) is 0 Å². The van der Waals surface area contributed by atoms with Gasteiger partial charge in [0, 0.05) is 6.04 Å². The Kier molecular flexibility index (Phi) is 4.48. The molecule has 0 saturated carbocycles. The summed E-state index contributed by atoms with van der Waals surface area (Å²) in [6, 6.07) is 9.39. The third-order valence-corrected chi connectivity index (χ3v) is 2.17. The van der Waals surface area contributed by atoms with Gasteiger partial charge < -0.3 is 10.8 Å². The number of carboxylic acid groups (broad SMARTS) is 1. The summed E-state index contributed by atoms with van der Waals surface area (Å²) in [6.45, 7) is 3.44.